The lowest BCUT2D eigenvalue weighted by molar-refractivity contribution is 0.595. The summed E-state index contributed by atoms with van der Waals surface area (Å²) in [7, 11) is -3.27. The Bertz CT molecular complexity index is 732. The molecule has 0 radical (unpaired) electrons. The summed E-state index contributed by atoms with van der Waals surface area (Å²) < 4.78 is 24.3. The van der Waals surface area contributed by atoms with Crippen molar-refractivity contribution in [3.63, 3.8) is 0 Å². The Kier molecular flexibility index (Phi) is 4.61. The Morgan fingerprint density at radius 3 is 2.70 bits per heavy atom. The van der Waals surface area contributed by atoms with E-state index in [1.54, 1.807) is 29.6 Å². The fourth-order valence-corrected chi connectivity index (χ4v) is 3.95. The maximum Gasteiger partial charge on any atom is 0.304 e. The van der Waals surface area contributed by atoms with Crippen LogP contribution in [0.15, 0.2) is 39.3 Å². The molecular weight excluding hydrogens is 296 g/mol. The van der Waals surface area contributed by atoms with Gasteiger partial charge in [0.15, 0.2) is 9.84 Å². The van der Waals surface area contributed by atoms with Gasteiger partial charge >= 0.3 is 4.87 Å². The predicted octanol–water partition coefficient (Wildman–Crippen LogP) is 2.23. The molecule has 1 aromatic heterocycles. The van der Waals surface area contributed by atoms with Gasteiger partial charge in [0.25, 0.3) is 0 Å². The van der Waals surface area contributed by atoms with Crippen molar-refractivity contribution in [3.8, 4) is 0 Å². The van der Waals surface area contributed by atoms with Crippen molar-refractivity contribution in [1.82, 2.24) is 4.98 Å². The van der Waals surface area contributed by atoms with Gasteiger partial charge in [-0.05, 0) is 18.6 Å². The van der Waals surface area contributed by atoms with Gasteiger partial charge in [-0.1, -0.05) is 30.4 Å². The van der Waals surface area contributed by atoms with Crippen LogP contribution in [-0.4, -0.2) is 19.2 Å². The van der Waals surface area contributed by atoms with Crippen LogP contribution in [0.4, 0.5) is 5.69 Å². The zero-order chi connectivity index (χ0) is 14.6. The summed E-state index contributed by atoms with van der Waals surface area (Å²) in [6, 6.07) is 6.82. The van der Waals surface area contributed by atoms with E-state index in [9.17, 15) is 13.2 Å². The first-order chi connectivity index (χ1) is 9.53. The molecule has 5 nitrogen and oxygen atoms in total. The van der Waals surface area contributed by atoms with Crippen LogP contribution in [0.3, 0.4) is 0 Å². The van der Waals surface area contributed by atoms with Gasteiger partial charge in [-0.3, -0.25) is 4.79 Å². The first-order valence-electron chi connectivity index (χ1n) is 6.25. The summed E-state index contributed by atoms with van der Waals surface area (Å²) in [4.78, 5) is 13.9. The monoisotopic (exact) mass is 312 g/mol. The molecule has 0 spiro atoms. The van der Waals surface area contributed by atoms with Crippen molar-refractivity contribution in [1.29, 1.82) is 0 Å². The quantitative estimate of drug-likeness (QED) is 0.857. The summed E-state index contributed by atoms with van der Waals surface area (Å²) in [5, 5.41) is 4.79. The first kappa shape index (κ1) is 14.8. The molecule has 108 valence electrons. The molecule has 0 bridgehead atoms. The molecule has 7 heteroatoms. The van der Waals surface area contributed by atoms with Gasteiger partial charge in [0, 0.05) is 11.1 Å². The molecule has 1 heterocycles. The summed E-state index contributed by atoms with van der Waals surface area (Å²) in [5.41, 5.74) is 1.30. The van der Waals surface area contributed by atoms with Crippen LogP contribution in [0.1, 0.15) is 19.0 Å². The number of anilines is 1. The molecule has 0 saturated carbocycles. The number of benzene rings is 1. The van der Waals surface area contributed by atoms with Gasteiger partial charge in [0.1, 0.15) is 0 Å². The minimum atomic E-state index is -3.27. The molecule has 1 aromatic carbocycles. The standard InChI is InChI=1S/C13H16N2O3S2/c1-2-7-20(17,18)12-6-4-3-5-11(12)14-8-10-9-19-13(16)15-10/h3-6,9,14H,2,7-8H2,1H3,(H,15,16). The van der Waals surface area contributed by atoms with Gasteiger partial charge in [-0.25, -0.2) is 8.42 Å². The number of sulfone groups is 1. The van der Waals surface area contributed by atoms with Crippen molar-refractivity contribution in [2.75, 3.05) is 11.1 Å². The summed E-state index contributed by atoms with van der Waals surface area (Å²) in [6.45, 7) is 2.22. The molecule has 0 aliphatic carbocycles. The predicted molar refractivity (Wildman–Crippen MR) is 81.1 cm³/mol. The first-order valence-corrected chi connectivity index (χ1v) is 8.78. The van der Waals surface area contributed by atoms with Crippen LogP contribution < -0.4 is 10.2 Å². The van der Waals surface area contributed by atoms with Crippen LogP contribution >= 0.6 is 11.3 Å². The van der Waals surface area contributed by atoms with Crippen LogP contribution in [0.5, 0.6) is 0 Å². The summed E-state index contributed by atoms with van der Waals surface area (Å²) in [5.74, 6) is 0.126. The number of nitrogens with one attached hydrogen (secondary N) is 2. The molecule has 20 heavy (non-hydrogen) atoms. The van der Waals surface area contributed by atoms with E-state index >= 15 is 0 Å². The average Bonchev–Trinajstić information content (AvgIpc) is 2.82. The Hall–Kier alpha value is -1.60. The molecule has 0 fully saturated rings. The SMILES string of the molecule is CCCS(=O)(=O)c1ccccc1NCc1csc(=O)[nH]1. The minimum Gasteiger partial charge on any atom is -0.378 e. The molecule has 0 unspecified atom stereocenters. The second-order valence-electron chi connectivity index (χ2n) is 4.34. The molecule has 2 aromatic rings. The molecular formula is C13H16N2O3S2. The van der Waals surface area contributed by atoms with Gasteiger partial charge in [0.2, 0.25) is 0 Å². The van der Waals surface area contributed by atoms with Crippen molar-refractivity contribution in [2.24, 2.45) is 0 Å². The lowest BCUT2D eigenvalue weighted by atomic mass is 10.3. The lowest BCUT2D eigenvalue weighted by Gasteiger charge is -2.11. The van der Waals surface area contributed by atoms with E-state index in [0.717, 1.165) is 17.0 Å². The highest BCUT2D eigenvalue weighted by Gasteiger charge is 2.17. The fraction of sp³-hybridized carbons (Fsp3) is 0.308. The van der Waals surface area contributed by atoms with Gasteiger partial charge in [0.05, 0.1) is 22.9 Å². The van der Waals surface area contributed by atoms with Gasteiger partial charge < -0.3 is 10.3 Å². The number of aromatic amines is 1. The Labute approximate surface area is 121 Å². The van der Waals surface area contributed by atoms with Gasteiger partial charge in [-0.15, -0.1) is 0 Å². The van der Waals surface area contributed by atoms with E-state index < -0.39 is 9.84 Å². The second kappa shape index (κ2) is 6.23. The van der Waals surface area contributed by atoms with Crippen LogP contribution in [-0.2, 0) is 16.4 Å². The van der Waals surface area contributed by atoms with Crippen LogP contribution in [0, 0.1) is 0 Å². The number of rotatable bonds is 6. The summed E-state index contributed by atoms with van der Waals surface area (Å²) in [6.07, 6.45) is 0.578. The minimum absolute atomic E-state index is 0.117. The third-order valence-electron chi connectivity index (χ3n) is 2.74. The van der Waals surface area contributed by atoms with E-state index in [0.29, 0.717) is 23.5 Å². The lowest BCUT2D eigenvalue weighted by Crippen LogP contribution is -2.10. The average molecular weight is 312 g/mol. The van der Waals surface area contributed by atoms with Crippen molar-refractivity contribution in [3.05, 3.63) is 45.0 Å². The van der Waals surface area contributed by atoms with Crippen molar-refractivity contribution in [2.45, 2.75) is 24.8 Å². The highest BCUT2D eigenvalue weighted by Crippen LogP contribution is 2.23. The Morgan fingerprint density at radius 1 is 1.30 bits per heavy atom. The zero-order valence-electron chi connectivity index (χ0n) is 11.0. The number of hydrogen-bond acceptors (Lipinski definition) is 5. The molecule has 0 aliphatic rings. The largest absolute Gasteiger partial charge is 0.378 e. The highest BCUT2D eigenvalue weighted by molar-refractivity contribution is 7.91. The van der Waals surface area contributed by atoms with Crippen LogP contribution in [0.25, 0.3) is 0 Å². The van der Waals surface area contributed by atoms with Crippen molar-refractivity contribution < 1.29 is 8.42 Å². The Balaban J connectivity index is 2.22. The molecule has 0 aliphatic heterocycles. The van der Waals surface area contributed by atoms with E-state index in [4.69, 9.17) is 0 Å². The van der Waals surface area contributed by atoms with Gasteiger partial charge in [-0.2, -0.15) is 0 Å². The Morgan fingerprint density at radius 2 is 2.05 bits per heavy atom. The zero-order valence-corrected chi connectivity index (χ0v) is 12.7. The number of H-pyrrole nitrogens is 1. The highest BCUT2D eigenvalue weighted by atomic mass is 32.2. The number of hydrogen-bond donors (Lipinski definition) is 2. The smallest absolute Gasteiger partial charge is 0.304 e. The molecule has 0 saturated heterocycles. The maximum atomic E-state index is 12.2. The van der Waals surface area contributed by atoms with Crippen molar-refractivity contribution >= 4 is 26.9 Å². The van der Waals surface area contributed by atoms with Crippen LogP contribution in [0.2, 0.25) is 0 Å². The third-order valence-corrected chi connectivity index (χ3v) is 5.43. The molecule has 0 atom stereocenters. The molecule has 2 N–H and O–H groups in total. The van der Waals surface area contributed by atoms with E-state index in [1.807, 2.05) is 6.92 Å². The summed E-state index contributed by atoms with van der Waals surface area (Å²) >= 11 is 1.09. The third kappa shape index (κ3) is 3.49. The fourth-order valence-electron chi connectivity index (χ4n) is 1.85. The maximum absolute atomic E-state index is 12.2. The molecule has 0 amide bonds. The number of aromatic nitrogens is 1. The number of para-hydroxylation sites is 1. The topological polar surface area (TPSA) is 79.0 Å². The second-order valence-corrected chi connectivity index (χ2v) is 7.26. The molecule has 2 rings (SSSR count). The normalized spacial score (nSPS) is 11.4. The number of thiazole rings is 1. The van der Waals surface area contributed by atoms with E-state index in [2.05, 4.69) is 10.3 Å². The van der Waals surface area contributed by atoms with E-state index in [1.165, 1.54) is 0 Å². The van der Waals surface area contributed by atoms with E-state index in [-0.39, 0.29) is 10.6 Å².